The van der Waals surface area contributed by atoms with Crippen LogP contribution in [-0.4, -0.2) is 18.7 Å². The summed E-state index contributed by atoms with van der Waals surface area (Å²) in [5.41, 5.74) is 0.789. The molecular weight excluding hydrogens is 399 g/mol. The van der Waals surface area contributed by atoms with E-state index in [-0.39, 0.29) is 11.6 Å². The molecule has 0 saturated carbocycles. The van der Waals surface area contributed by atoms with Gasteiger partial charge in [-0.1, -0.05) is 84.9 Å². The van der Waals surface area contributed by atoms with E-state index in [1.165, 1.54) is 23.0 Å². The van der Waals surface area contributed by atoms with Gasteiger partial charge in [0.15, 0.2) is 5.66 Å². The Morgan fingerprint density at radius 2 is 1.00 bits per heavy atom. The molecule has 4 rings (SSSR count). The molecule has 0 aliphatic heterocycles. The Kier molecular flexibility index (Phi) is 6.60. The first-order chi connectivity index (χ1) is 15.3. The molecule has 4 aromatic rings. The Morgan fingerprint density at radius 1 is 0.645 bits per heavy atom. The van der Waals surface area contributed by atoms with Crippen molar-refractivity contribution in [3.05, 3.63) is 127 Å². The number of hydrogen-bond donors (Lipinski definition) is 0. The van der Waals surface area contributed by atoms with Crippen LogP contribution in [-0.2, 0) is 16.0 Å². The quantitative estimate of drug-likeness (QED) is 0.315. The van der Waals surface area contributed by atoms with Gasteiger partial charge in [0, 0.05) is 6.42 Å². The zero-order valence-corrected chi connectivity index (χ0v) is 18.5. The van der Waals surface area contributed by atoms with Crippen molar-refractivity contribution in [1.29, 1.82) is 0 Å². The van der Waals surface area contributed by atoms with Crippen molar-refractivity contribution in [2.75, 3.05) is 7.11 Å². The molecule has 1 atom stereocenters. The van der Waals surface area contributed by atoms with Crippen LogP contribution in [0, 0.1) is 0 Å². The molecule has 2 nitrogen and oxygen atoms in total. The second kappa shape index (κ2) is 9.73. The molecule has 0 bridgehead atoms. The van der Waals surface area contributed by atoms with Gasteiger partial charge in [-0.2, -0.15) is 0 Å². The fourth-order valence-corrected chi connectivity index (χ4v) is 9.14. The van der Waals surface area contributed by atoms with E-state index in [0.29, 0.717) is 6.42 Å². The molecule has 154 valence electrons. The summed E-state index contributed by atoms with van der Waals surface area (Å²) in [5, 5.41) is 3.54. The summed E-state index contributed by atoms with van der Waals surface area (Å²) >= 11 is 0. The summed E-state index contributed by atoms with van der Waals surface area (Å²) in [6.07, 6.45) is 0.611. The number of methoxy groups -OCH3 is 1. The van der Waals surface area contributed by atoms with Crippen molar-refractivity contribution in [3.63, 3.8) is 0 Å². The lowest BCUT2D eigenvalue weighted by Crippen LogP contribution is -2.44. The molecule has 0 spiro atoms. The molecule has 0 aromatic heterocycles. The van der Waals surface area contributed by atoms with Gasteiger partial charge in [-0.05, 0) is 42.0 Å². The zero-order valence-electron chi connectivity index (χ0n) is 17.6. The minimum atomic E-state index is -2.38. The normalized spacial score (nSPS) is 12.2. The lowest BCUT2D eigenvalue weighted by Gasteiger charge is -2.33. The van der Waals surface area contributed by atoms with Crippen molar-refractivity contribution in [1.82, 2.24) is 0 Å². The Morgan fingerprint density at radius 3 is 1.35 bits per heavy atom. The van der Waals surface area contributed by atoms with Crippen LogP contribution in [0.4, 0.5) is 0 Å². The second-order valence-corrected chi connectivity index (χ2v) is 11.1. The Balaban J connectivity index is 2.05. The van der Waals surface area contributed by atoms with Gasteiger partial charge in [-0.25, -0.2) is 4.79 Å². The Hall–Kier alpha value is -3.22. The Labute approximate surface area is 184 Å². The van der Waals surface area contributed by atoms with E-state index < -0.39 is 7.26 Å². The molecule has 0 heterocycles. The van der Waals surface area contributed by atoms with Gasteiger partial charge >= 0.3 is 5.97 Å². The van der Waals surface area contributed by atoms with Crippen LogP contribution in [0.5, 0.6) is 0 Å². The van der Waals surface area contributed by atoms with E-state index in [2.05, 4.69) is 84.9 Å². The molecule has 0 fully saturated rings. The van der Waals surface area contributed by atoms with Gasteiger partial charge in [0.05, 0.1) is 7.11 Å². The number of rotatable bonds is 7. The van der Waals surface area contributed by atoms with Crippen molar-refractivity contribution in [2.24, 2.45) is 0 Å². The number of carbonyl (C=O) groups is 1. The van der Waals surface area contributed by atoms with Gasteiger partial charge in [0.25, 0.3) is 0 Å². The van der Waals surface area contributed by atoms with E-state index in [0.717, 1.165) is 5.56 Å². The van der Waals surface area contributed by atoms with Crippen molar-refractivity contribution >= 4 is 29.1 Å². The van der Waals surface area contributed by atoms with Gasteiger partial charge < -0.3 is 4.74 Å². The largest absolute Gasteiger partial charge is 0.466 e. The molecule has 4 aromatic carbocycles. The highest BCUT2D eigenvalue weighted by Crippen LogP contribution is 2.60. The predicted molar refractivity (Wildman–Crippen MR) is 131 cm³/mol. The average Bonchev–Trinajstić information content (AvgIpc) is 2.86. The van der Waals surface area contributed by atoms with Crippen LogP contribution < -0.4 is 15.9 Å². The highest BCUT2D eigenvalue weighted by molar-refractivity contribution is 7.96. The number of carbonyl (C=O) groups excluding carboxylic acids is 1. The van der Waals surface area contributed by atoms with E-state index in [9.17, 15) is 4.79 Å². The first-order valence-corrected chi connectivity index (χ1v) is 12.3. The van der Waals surface area contributed by atoms with Crippen LogP contribution in [0.2, 0.25) is 0 Å². The van der Waals surface area contributed by atoms with Crippen LogP contribution in [0.25, 0.3) is 0 Å². The van der Waals surface area contributed by atoms with Crippen LogP contribution >= 0.6 is 7.26 Å². The minimum Gasteiger partial charge on any atom is -0.466 e. The lowest BCUT2D eigenvalue weighted by molar-refractivity contribution is -0.140. The summed E-state index contributed by atoms with van der Waals surface area (Å²) in [4.78, 5) is 13.5. The van der Waals surface area contributed by atoms with Crippen LogP contribution in [0.3, 0.4) is 0 Å². The predicted octanol–water partition coefficient (Wildman–Crippen LogP) is 4.76. The molecule has 0 radical (unpaired) electrons. The van der Waals surface area contributed by atoms with Crippen LogP contribution in [0.15, 0.2) is 121 Å². The summed E-state index contributed by atoms with van der Waals surface area (Å²) in [6.45, 7) is 0. The maximum absolute atomic E-state index is 13.5. The highest BCUT2D eigenvalue weighted by Gasteiger charge is 2.56. The van der Waals surface area contributed by atoms with E-state index >= 15 is 0 Å². The van der Waals surface area contributed by atoms with Gasteiger partial charge in [0.1, 0.15) is 23.2 Å². The fraction of sp³-hybridized carbons (Fsp3) is 0.107. The first-order valence-electron chi connectivity index (χ1n) is 10.4. The second-order valence-electron chi connectivity index (χ2n) is 7.46. The first kappa shape index (κ1) is 21.0. The third kappa shape index (κ3) is 4.17. The number of esters is 1. The SMILES string of the molecule is COC(=O)C(Cc1ccccc1)[P+](c1ccccc1)(c1ccccc1)c1ccccc1. The van der Waals surface area contributed by atoms with Gasteiger partial charge in [0.2, 0.25) is 0 Å². The summed E-state index contributed by atoms with van der Waals surface area (Å²) in [7, 11) is -0.880. The summed E-state index contributed by atoms with van der Waals surface area (Å²) in [5.74, 6) is -0.172. The fourth-order valence-electron chi connectivity index (χ4n) is 4.33. The molecule has 1 unspecified atom stereocenters. The van der Waals surface area contributed by atoms with Crippen molar-refractivity contribution in [3.8, 4) is 0 Å². The van der Waals surface area contributed by atoms with Crippen LogP contribution in [0.1, 0.15) is 5.56 Å². The van der Waals surface area contributed by atoms with E-state index in [1.54, 1.807) is 0 Å². The monoisotopic (exact) mass is 425 g/mol. The molecular formula is C28H26O2P+. The molecule has 0 N–H and O–H groups in total. The highest BCUT2D eigenvalue weighted by atomic mass is 31.2. The van der Waals surface area contributed by atoms with E-state index in [1.807, 2.05) is 36.4 Å². The third-order valence-corrected chi connectivity index (χ3v) is 10.4. The topological polar surface area (TPSA) is 26.3 Å². The van der Waals surface area contributed by atoms with Crippen molar-refractivity contribution < 1.29 is 9.53 Å². The molecule has 0 saturated heterocycles. The summed E-state index contributed by atoms with van der Waals surface area (Å²) in [6, 6.07) is 41.7. The lowest BCUT2D eigenvalue weighted by atomic mass is 10.1. The number of benzene rings is 4. The summed E-state index contributed by atoms with van der Waals surface area (Å²) < 4.78 is 5.44. The third-order valence-electron chi connectivity index (χ3n) is 5.70. The number of hydrogen-bond acceptors (Lipinski definition) is 2. The average molecular weight is 425 g/mol. The molecule has 0 amide bonds. The smallest absolute Gasteiger partial charge is 0.348 e. The maximum atomic E-state index is 13.5. The minimum absolute atomic E-state index is 0.172. The Bertz CT molecular complexity index is 1000. The molecule has 0 aliphatic carbocycles. The molecule has 31 heavy (non-hydrogen) atoms. The maximum Gasteiger partial charge on any atom is 0.348 e. The zero-order chi connectivity index (χ0) is 21.5. The van der Waals surface area contributed by atoms with Gasteiger partial charge in [-0.15, -0.1) is 0 Å². The van der Waals surface area contributed by atoms with Crippen molar-refractivity contribution in [2.45, 2.75) is 12.1 Å². The van der Waals surface area contributed by atoms with E-state index in [4.69, 9.17) is 4.74 Å². The molecule has 0 aliphatic rings. The standard InChI is InChI=1S/C28H26O2P/c1-30-28(29)27(22-23-14-6-2-7-15-23)31(24-16-8-3-9-17-24,25-18-10-4-11-19-25)26-20-12-5-13-21-26/h2-21,27H,22H2,1H3/q+1. The molecule has 3 heteroatoms. The van der Waals surface area contributed by atoms with Gasteiger partial charge in [-0.3, -0.25) is 0 Å². The number of ether oxygens (including phenoxy) is 1.